The maximum Gasteiger partial charge on any atom is 0.327 e. The number of hydrogen-bond donors (Lipinski definition) is 2. The minimum Gasteiger partial charge on any atom is -0.451 e. The minimum atomic E-state index is -1.30. The molecule has 1 aliphatic carbocycles. The maximum absolute atomic E-state index is 12.9. The Kier molecular flexibility index (Phi) is 6.23. The van der Waals surface area contributed by atoms with Gasteiger partial charge in [0.15, 0.2) is 6.10 Å². The summed E-state index contributed by atoms with van der Waals surface area (Å²) >= 11 is 0. The van der Waals surface area contributed by atoms with Crippen LogP contribution in [0.4, 0.5) is 16.2 Å². The lowest BCUT2D eigenvalue weighted by atomic mass is 9.73. The van der Waals surface area contributed by atoms with Crippen molar-refractivity contribution in [3.8, 4) is 0 Å². The summed E-state index contributed by atoms with van der Waals surface area (Å²) in [5.41, 5.74) is -1.34. The summed E-state index contributed by atoms with van der Waals surface area (Å²) in [5.74, 6) is -2.23. The molecule has 11 heteroatoms. The molecule has 31 heavy (non-hydrogen) atoms. The first-order chi connectivity index (χ1) is 14.7. The Hall–Kier alpha value is -3.50. The van der Waals surface area contributed by atoms with E-state index in [0.717, 1.165) is 24.2 Å². The second kappa shape index (κ2) is 8.70. The van der Waals surface area contributed by atoms with Gasteiger partial charge in [-0.2, -0.15) is 0 Å². The standard InChI is InChI=1S/C20H24N4O7/c1-12-7-5-6-10-20(12)18(27)23(19(28)22-20)11-16(25)31-13(2)17(26)21-14-8-3-4-9-15(14)24(29)30/h3-4,8-9,12-13H,5-7,10-11H2,1-2H3,(H,21,26)(H,22,28). The number of imide groups is 1. The van der Waals surface area contributed by atoms with Crippen LogP contribution in [0.1, 0.15) is 39.5 Å². The fraction of sp³-hybridized carbons (Fsp3) is 0.500. The van der Waals surface area contributed by atoms with Crippen LogP contribution in [0, 0.1) is 16.0 Å². The average Bonchev–Trinajstić information content (AvgIpc) is 2.95. The molecule has 1 saturated carbocycles. The molecular formula is C20H24N4O7. The highest BCUT2D eigenvalue weighted by Gasteiger charge is 2.55. The molecule has 2 fully saturated rings. The fourth-order valence-electron chi connectivity index (χ4n) is 4.03. The number of amides is 4. The van der Waals surface area contributed by atoms with Crippen LogP contribution in [0.15, 0.2) is 24.3 Å². The van der Waals surface area contributed by atoms with Gasteiger partial charge >= 0.3 is 12.0 Å². The van der Waals surface area contributed by atoms with E-state index in [-0.39, 0.29) is 17.3 Å². The number of hydrogen-bond acceptors (Lipinski definition) is 7. The van der Waals surface area contributed by atoms with Crippen molar-refractivity contribution in [2.75, 3.05) is 11.9 Å². The zero-order valence-electron chi connectivity index (χ0n) is 17.3. The Balaban J connectivity index is 1.60. The van der Waals surface area contributed by atoms with Gasteiger partial charge in [0.25, 0.3) is 17.5 Å². The van der Waals surface area contributed by atoms with E-state index in [4.69, 9.17) is 4.74 Å². The zero-order valence-corrected chi connectivity index (χ0v) is 17.3. The molecule has 1 aliphatic heterocycles. The Labute approximate surface area is 178 Å². The number of urea groups is 1. The molecule has 0 radical (unpaired) electrons. The largest absolute Gasteiger partial charge is 0.451 e. The second-order valence-corrected chi connectivity index (χ2v) is 7.84. The van der Waals surface area contributed by atoms with Crippen molar-refractivity contribution in [1.29, 1.82) is 0 Å². The van der Waals surface area contributed by atoms with Crippen LogP contribution >= 0.6 is 0 Å². The van der Waals surface area contributed by atoms with E-state index in [1.807, 2.05) is 6.92 Å². The van der Waals surface area contributed by atoms with E-state index in [1.165, 1.54) is 31.2 Å². The van der Waals surface area contributed by atoms with E-state index in [0.29, 0.717) is 6.42 Å². The van der Waals surface area contributed by atoms with Crippen molar-refractivity contribution in [1.82, 2.24) is 10.2 Å². The van der Waals surface area contributed by atoms with Crippen LogP contribution in [0.25, 0.3) is 0 Å². The minimum absolute atomic E-state index is 0.0391. The van der Waals surface area contributed by atoms with Gasteiger partial charge in [-0.25, -0.2) is 4.79 Å². The number of nitro groups is 1. The quantitative estimate of drug-likeness (QED) is 0.302. The predicted molar refractivity (Wildman–Crippen MR) is 108 cm³/mol. The Bertz CT molecular complexity index is 934. The van der Waals surface area contributed by atoms with Crippen molar-refractivity contribution in [3.05, 3.63) is 34.4 Å². The smallest absolute Gasteiger partial charge is 0.327 e. The van der Waals surface area contributed by atoms with Crippen LogP contribution < -0.4 is 10.6 Å². The van der Waals surface area contributed by atoms with Gasteiger partial charge in [0.2, 0.25) is 0 Å². The van der Waals surface area contributed by atoms with Gasteiger partial charge in [-0.15, -0.1) is 0 Å². The molecule has 1 spiro atoms. The van der Waals surface area contributed by atoms with Gasteiger partial charge in [0.05, 0.1) is 4.92 Å². The van der Waals surface area contributed by atoms with Gasteiger partial charge in [0, 0.05) is 6.07 Å². The van der Waals surface area contributed by atoms with Crippen molar-refractivity contribution < 1.29 is 28.8 Å². The number of para-hydroxylation sites is 2. The van der Waals surface area contributed by atoms with Crippen LogP contribution in [0.2, 0.25) is 0 Å². The molecule has 4 amide bonds. The van der Waals surface area contributed by atoms with Crippen LogP contribution in [0.5, 0.6) is 0 Å². The Morgan fingerprint density at radius 3 is 2.74 bits per heavy atom. The number of anilines is 1. The lowest BCUT2D eigenvalue weighted by molar-refractivity contribution is -0.383. The third-order valence-corrected chi connectivity index (χ3v) is 5.82. The topological polar surface area (TPSA) is 148 Å². The molecule has 1 saturated heterocycles. The summed E-state index contributed by atoms with van der Waals surface area (Å²) in [4.78, 5) is 61.1. The third kappa shape index (κ3) is 4.35. The summed E-state index contributed by atoms with van der Waals surface area (Å²) in [7, 11) is 0. The van der Waals surface area contributed by atoms with E-state index in [1.54, 1.807) is 0 Å². The van der Waals surface area contributed by atoms with Crippen LogP contribution in [0.3, 0.4) is 0 Å². The summed E-state index contributed by atoms with van der Waals surface area (Å²) in [6, 6.07) is 4.88. The first kappa shape index (κ1) is 22.2. The molecule has 0 aromatic heterocycles. The molecular weight excluding hydrogens is 408 g/mol. The van der Waals surface area contributed by atoms with Crippen molar-refractivity contribution in [2.24, 2.45) is 5.92 Å². The maximum atomic E-state index is 12.9. The highest BCUT2D eigenvalue weighted by atomic mass is 16.6. The number of ether oxygens (including phenoxy) is 1. The Morgan fingerprint density at radius 2 is 2.06 bits per heavy atom. The molecule has 1 heterocycles. The van der Waals surface area contributed by atoms with Gasteiger partial charge in [-0.05, 0) is 31.7 Å². The van der Waals surface area contributed by atoms with Crippen molar-refractivity contribution >= 4 is 35.2 Å². The molecule has 2 N–H and O–H groups in total. The molecule has 1 aromatic rings. The highest BCUT2D eigenvalue weighted by Crippen LogP contribution is 2.38. The number of rotatable bonds is 6. The van der Waals surface area contributed by atoms with Gasteiger partial charge in [-0.1, -0.05) is 31.9 Å². The molecule has 2 aliphatic rings. The van der Waals surface area contributed by atoms with Crippen molar-refractivity contribution in [3.63, 3.8) is 0 Å². The first-order valence-electron chi connectivity index (χ1n) is 10.0. The number of esters is 1. The number of benzene rings is 1. The molecule has 3 unspecified atom stereocenters. The number of nitrogens with zero attached hydrogens (tertiary/aromatic N) is 2. The van der Waals surface area contributed by atoms with Crippen molar-refractivity contribution in [2.45, 2.75) is 51.2 Å². The molecule has 11 nitrogen and oxygen atoms in total. The number of nitrogens with one attached hydrogen (secondary N) is 2. The molecule has 0 bridgehead atoms. The van der Waals surface area contributed by atoms with Crippen LogP contribution in [-0.4, -0.2) is 51.8 Å². The first-order valence-corrected chi connectivity index (χ1v) is 10.0. The fourth-order valence-corrected chi connectivity index (χ4v) is 4.03. The molecule has 1 aromatic carbocycles. The lowest BCUT2D eigenvalue weighted by Crippen LogP contribution is -2.54. The second-order valence-electron chi connectivity index (χ2n) is 7.84. The highest BCUT2D eigenvalue weighted by molar-refractivity contribution is 6.09. The Morgan fingerprint density at radius 1 is 1.35 bits per heavy atom. The van der Waals surface area contributed by atoms with Gasteiger partial charge in [0.1, 0.15) is 17.8 Å². The zero-order chi connectivity index (χ0) is 22.8. The number of carbonyl (C=O) groups excluding carboxylic acids is 4. The third-order valence-electron chi connectivity index (χ3n) is 5.82. The summed E-state index contributed by atoms with van der Waals surface area (Å²) in [5, 5.41) is 16.1. The molecule has 166 valence electrons. The molecule has 3 rings (SSSR count). The number of nitro benzene ring substituents is 1. The summed E-state index contributed by atoms with van der Waals surface area (Å²) < 4.78 is 5.05. The average molecular weight is 432 g/mol. The van der Waals surface area contributed by atoms with E-state index in [9.17, 15) is 29.3 Å². The van der Waals surface area contributed by atoms with E-state index >= 15 is 0 Å². The van der Waals surface area contributed by atoms with Gasteiger partial charge < -0.3 is 15.4 Å². The van der Waals surface area contributed by atoms with Crippen LogP contribution in [-0.2, 0) is 19.1 Å². The summed E-state index contributed by atoms with van der Waals surface area (Å²) in [6.07, 6.45) is 1.79. The van der Waals surface area contributed by atoms with Gasteiger partial charge in [-0.3, -0.25) is 29.4 Å². The number of carbonyl (C=O) groups is 4. The monoisotopic (exact) mass is 432 g/mol. The lowest BCUT2D eigenvalue weighted by Gasteiger charge is -2.36. The van der Waals surface area contributed by atoms with E-state index < -0.39 is 46.9 Å². The molecule has 3 atom stereocenters. The predicted octanol–water partition coefficient (Wildman–Crippen LogP) is 1.97. The summed E-state index contributed by atoms with van der Waals surface area (Å²) in [6.45, 7) is 2.56. The normalized spacial score (nSPS) is 23.9. The van der Waals surface area contributed by atoms with E-state index in [2.05, 4.69) is 10.6 Å². The SMILES string of the molecule is CC(OC(=O)CN1C(=O)NC2(CCCCC2C)C1=O)C(=O)Nc1ccccc1[N+](=O)[O-].